The molecule has 0 bridgehead atoms. The summed E-state index contributed by atoms with van der Waals surface area (Å²) in [5, 5.41) is 5.55. The van der Waals surface area contributed by atoms with Crippen LogP contribution in [-0.4, -0.2) is 49.5 Å². The van der Waals surface area contributed by atoms with Crippen molar-refractivity contribution in [3.05, 3.63) is 42.5 Å². The molecular formula is C17H23N3O3. The Labute approximate surface area is 136 Å². The summed E-state index contributed by atoms with van der Waals surface area (Å²) in [6.45, 7) is 5.87. The number of carbonyl (C=O) groups excluding carboxylic acids is 2. The first-order chi connectivity index (χ1) is 11.1. The third-order valence-electron chi connectivity index (χ3n) is 3.78. The van der Waals surface area contributed by atoms with Crippen molar-refractivity contribution in [2.24, 2.45) is 0 Å². The molecule has 0 aliphatic carbocycles. The predicted octanol–water partition coefficient (Wildman–Crippen LogP) is 0.688. The van der Waals surface area contributed by atoms with Crippen molar-refractivity contribution in [3.8, 4) is 5.75 Å². The van der Waals surface area contributed by atoms with E-state index < -0.39 is 6.04 Å². The van der Waals surface area contributed by atoms with Gasteiger partial charge in [0.2, 0.25) is 11.8 Å². The molecule has 1 heterocycles. The lowest BCUT2D eigenvalue weighted by molar-refractivity contribution is -0.134. The van der Waals surface area contributed by atoms with E-state index >= 15 is 0 Å². The van der Waals surface area contributed by atoms with Gasteiger partial charge in [-0.1, -0.05) is 18.2 Å². The minimum absolute atomic E-state index is 0.104. The van der Waals surface area contributed by atoms with Crippen LogP contribution < -0.4 is 15.4 Å². The van der Waals surface area contributed by atoms with Gasteiger partial charge in [-0.15, -0.1) is 6.58 Å². The van der Waals surface area contributed by atoms with E-state index in [-0.39, 0.29) is 18.2 Å². The Morgan fingerprint density at radius 1 is 1.57 bits per heavy atom. The van der Waals surface area contributed by atoms with Crippen LogP contribution in [0.1, 0.15) is 12.0 Å². The van der Waals surface area contributed by atoms with Crippen LogP contribution in [0.15, 0.2) is 36.9 Å². The number of benzene rings is 1. The predicted molar refractivity (Wildman–Crippen MR) is 88.0 cm³/mol. The smallest absolute Gasteiger partial charge is 0.237 e. The molecule has 6 heteroatoms. The number of rotatable bonds is 7. The van der Waals surface area contributed by atoms with E-state index in [0.29, 0.717) is 26.2 Å². The Kier molecular flexibility index (Phi) is 6.17. The summed E-state index contributed by atoms with van der Waals surface area (Å²) >= 11 is 0. The SMILES string of the molecule is C=CCNC(=O)C[C@H]1C(=O)NCCN1Cc1cccc(OC)c1. The van der Waals surface area contributed by atoms with E-state index in [2.05, 4.69) is 17.2 Å². The molecular weight excluding hydrogens is 294 g/mol. The summed E-state index contributed by atoms with van der Waals surface area (Å²) < 4.78 is 5.23. The topological polar surface area (TPSA) is 70.7 Å². The Morgan fingerprint density at radius 3 is 3.13 bits per heavy atom. The monoisotopic (exact) mass is 317 g/mol. The van der Waals surface area contributed by atoms with Crippen LogP contribution in [0.2, 0.25) is 0 Å². The number of nitrogens with zero attached hydrogens (tertiary/aromatic N) is 1. The largest absolute Gasteiger partial charge is 0.497 e. The summed E-state index contributed by atoms with van der Waals surface area (Å²) in [4.78, 5) is 26.1. The number of nitrogens with one attached hydrogen (secondary N) is 2. The zero-order valence-electron chi connectivity index (χ0n) is 13.4. The number of amides is 2. The fourth-order valence-electron chi connectivity index (χ4n) is 2.61. The second kappa shape index (κ2) is 8.33. The van der Waals surface area contributed by atoms with Gasteiger partial charge in [0.25, 0.3) is 0 Å². The molecule has 0 radical (unpaired) electrons. The molecule has 1 aliphatic heterocycles. The van der Waals surface area contributed by atoms with Crippen molar-refractivity contribution in [3.63, 3.8) is 0 Å². The maximum Gasteiger partial charge on any atom is 0.237 e. The summed E-state index contributed by atoms with van der Waals surface area (Å²) in [7, 11) is 1.63. The molecule has 1 fully saturated rings. The van der Waals surface area contributed by atoms with Gasteiger partial charge < -0.3 is 15.4 Å². The fraction of sp³-hybridized carbons (Fsp3) is 0.412. The molecule has 2 rings (SSSR count). The molecule has 1 atom stereocenters. The van der Waals surface area contributed by atoms with Gasteiger partial charge >= 0.3 is 0 Å². The van der Waals surface area contributed by atoms with E-state index in [9.17, 15) is 9.59 Å². The van der Waals surface area contributed by atoms with E-state index in [4.69, 9.17) is 4.74 Å². The van der Waals surface area contributed by atoms with Crippen molar-refractivity contribution < 1.29 is 14.3 Å². The highest BCUT2D eigenvalue weighted by molar-refractivity contribution is 5.88. The summed E-state index contributed by atoms with van der Waals surface area (Å²) in [6, 6.07) is 7.28. The highest BCUT2D eigenvalue weighted by Gasteiger charge is 2.31. The van der Waals surface area contributed by atoms with E-state index in [0.717, 1.165) is 11.3 Å². The molecule has 23 heavy (non-hydrogen) atoms. The molecule has 2 amide bonds. The Hall–Kier alpha value is -2.34. The van der Waals surface area contributed by atoms with Crippen LogP contribution in [-0.2, 0) is 16.1 Å². The van der Waals surface area contributed by atoms with Crippen LogP contribution in [0.5, 0.6) is 5.75 Å². The second-order valence-corrected chi connectivity index (χ2v) is 5.43. The quantitative estimate of drug-likeness (QED) is 0.726. The Bertz CT molecular complexity index is 574. The lowest BCUT2D eigenvalue weighted by Gasteiger charge is -2.34. The average Bonchev–Trinajstić information content (AvgIpc) is 2.56. The third-order valence-corrected chi connectivity index (χ3v) is 3.78. The minimum Gasteiger partial charge on any atom is -0.497 e. The van der Waals surface area contributed by atoms with Gasteiger partial charge in [-0.2, -0.15) is 0 Å². The highest BCUT2D eigenvalue weighted by atomic mass is 16.5. The van der Waals surface area contributed by atoms with Crippen LogP contribution in [0.4, 0.5) is 0 Å². The van der Waals surface area contributed by atoms with Gasteiger partial charge in [-0.25, -0.2) is 0 Å². The van der Waals surface area contributed by atoms with Gasteiger partial charge in [0.05, 0.1) is 19.6 Å². The first-order valence-electron chi connectivity index (χ1n) is 7.66. The van der Waals surface area contributed by atoms with Gasteiger partial charge in [0, 0.05) is 26.2 Å². The van der Waals surface area contributed by atoms with Crippen molar-refractivity contribution in [2.75, 3.05) is 26.7 Å². The van der Waals surface area contributed by atoms with Crippen molar-refractivity contribution in [1.82, 2.24) is 15.5 Å². The maximum absolute atomic E-state index is 12.1. The van der Waals surface area contributed by atoms with Gasteiger partial charge in [-0.05, 0) is 17.7 Å². The normalized spacial score (nSPS) is 18.1. The first-order valence-corrected chi connectivity index (χ1v) is 7.66. The third kappa shape index (κ3) is 4.82. The molecule has 124 valence electrons. The number of ether oxygens (including phenoxy) is 1. The van der Waals surface area contributed by atoms with E-state index in [1.54, 1.807) is 13.2 Å². The molecule has 0 spiro atoms. The van der Waals surface area contributed by atoms with Crippen LogP contribution in [0.3, 0.4) is 0 Å². The Balaban J connectivity index is 2.05. The second-order valence-electron chi connectivity index (χ2n) is 5.43. The molecule has 1 aromatic carbocycles. The zero-order valence-corrected chi connectivity index (χ0v) is 13.4. The molecule has 0 aromatic heterocycles. The van der Waals surface area contributed by atoms with E-state index in [1.807, 2.05) is 29.2 Å². The van der Waals surface area contributed by atoms with Crippen molar-refractivity contribution >= 4 is 11.8 Å². The molecule has 0 unspecified atom stereocenters. The van der Waals surface area contributed by atoms with Gasteiger partial charge in [-0.3, -0.25) is 14.5 Å². The summed E-state index contributed by atoms with van der Waals surface area (Å²) in [6.07, 6.45) is 1.76. The standard InChI is InChI=1S/C17H23N3O3/c1-3-7-18-16(21)11-15-17(22)19-8-9-20(15)12-13-5-4-6-14(10-13)23-2/h3-6,10,15H,1,7-9,11-12H2,2H3,(H,18,21)(H,19,22)/t15-/m0/s1. The average molecular weight is 317 g/mol. The molecule has 2 N–H and O–H groups in total. The molecule has 0 saturated carbocycles. The van der Waals surface area contributed by atoms with Crippen LogP contribution in [0, 0.1) is 0 Å². The number of hydrogen-bond donors (Lipinski definition) is 2. The number of methoxy groups -OCH3 is 1. The van der Waals surface area contributed by atoms with Crippen molar-refractivity contribution in [2.45, 2.75) is 19.0 Å². The maximum atomic E-state index is 12.1. The summed E-state index contributed by atoms with van der Waals surface area (Å²) in [5.41, 5.74) is 1.05. The highest BCUT2D eigenvalue weighted by Crippen LogP contribution is 2.17. The van der Waals surface area contributed by atoms with Gasteiger partial charge in [0.15, 0.2) is 0 Å². The number of piperazine rings is 1. The molecule has 6 nitrogen and oxygen atoms in total. The minimum atomic E-state index is -0.459. The molecule has 1 saturated heterocycles. The summed E-state index contributed by atoms with van der Waals surface area (Å²) in [5.74, 6) is 0.528. The van der Waals surface area contributed by atoms with Crippen LogP contribution >= 0.6 is 0 Å². The first kappa shape index (κ1) is 17.0. The van der Waals surface area contributed by atoms with Crippen LogP contribution in [0.25, 0.3) is 0 Å². The number of carbonyl (C=O) groups is 2. The lowest BCUT2D eigenvalue weighted by Crippen LogP contribution is -2.56. The van der Waals surface area contributed by atoms with Crippen molar-refractivity contribution in [1.29, 1.82) is 0 Å². The molecule has 1 aliphatic rings. The lowest BCUT2D eigenvalue weighted by atomic mass is 10.1. The van der Waals surface area contributed by atoms with E-state index in [1.165, 1.54) is 0 Å². The molecule has 1 aromatic rings. The zero-order chi connectivity index (χ0) is 16.7. The van der Waals surface area contributed by atoms with Gasteiger partial charge in [0.1, 0.15) is 5.75 Å². The fourth-order valence-corrected chi connectivity index (χ4v) is 2.61. The Morgan fingerprint density at radius 2 is 2.39 bits per heavy atom. The number of hydrogen-bond acceptors (Lipinski definition) is 4.